The molecule has 0 bridgehead atoms. The van der Waals surface area contributed by atoms with Gasteiger partial charge in [-0.1, -0.05) is 11.6 Å². The van der Waals surface area contributed by atoms with E-state index in [1.807, 2.05) is 19.1 Å². The smallest absolute Gasteiger partial charge is 0.151 e. The third-order valence-electron chi connectivity index (χ3n) is 3.32. The average molecular weight is 254 g/mol. The molecular weight excluding hydrogens is 238 g/mol. The Kier molecular flexibility index (Phi) is 3.40. The zero-order valence-corrected chi connectivity index (χ0v) is 10.6. The van der Waals surface area contributed by atoms with Crippen molar-refractivity contribution in [1.29, 1.82) is 0 Å². The highest BCUT2D eigenvalue weighted by atomic mass is 35.5. The van der Waals surface area contributed by atoms with Crippen molar-refractivity contribution >= 4 is 23.6 Å². The molecule has 1 aliphatic heterocycles. The van der Waals surface area contributed by atoms with Gasteiger partial charge in [0.2, 0.25) is 0 Å². The third kappa shape index (κ3) is 2.79. The van der Waals surface area contributed by atoms with Crippen LogP contribution in [0.15, 0.2) is 18.2 Å². The summed E-state index contributed by atoms with van der Waals surface area (Å²) in [5.74, 6) is 0. The van der Waals surface area contributed by atoms with E-state index in [1.165, 1.54) is 0 Å². The van der Waals surface area contributed by atoms with Crippen molar-refractivity contribution in [2.24, 2.45) is 0 Å². The van der Waals surface area contributed by atoms with E-state index in [2.05, 4.69) is 4.90 Å². The van der Waals surface area contributed by atoms with Crippen LogP contribution in [0.2, 0.25) is 5.02 Å². The van der Waals surface area contributed by atoms with Gasteiger partial charge < -0.3 is 10.0 Å². The van der Waals surface area contributed by atoms with Gasteiger partial charge in [-0.2, -0.15) is 0 Å². The first kappa shape index (κ1) is 12.4. The van der Waals surface area contributed by atoms with Crippen LogP contribution in [0.1, 0.15) is 30.1 Å². The minimum absolute atomic E-state index is 0.481. The van der Waals surface area contributed by atoms with Crippen molar-refractivity contribution in [3.8, 4) is 0 Å². The molecule has 1 aromatic carbocycles. The van der Waals surface area contributed by atoms with Gasteiger partial charge in [-0.15, -0.1) is 0 Å². The molecule has 0 unspecified atom stereocenters. The molecular formula is C13H16ClNO2. The van der Waals surface area contributed by atoms with Crippen molar-refractivity contribution in [3.63, 3.8) is 0 Å². The van der Waals surface area contributed by atoms with E-state index in [4.69, 9.17) is 11.6 Å². The number of anilines is 1. The summed E-state index contributed by atoms with van der Waals surface area (Å²) in [6.45, 7) is 3.49. The molecule has 0 amide bonds. The molecule has 1 aliphatic rings. The zero-order valence-electron chi connectivity index (χ0n) is 9.82. The van der Waals surface area contributed by atoms with Gasteiger partial charge in [-0.25, -0.2) is 0 Å². The van der Waals surface area contributed by atoms with Crippen molar-refractivity contribution in [1.82, 2.24) is 0 Å². The lowest BCUT2D eigenvalue weighted by Gasteiger charge is -2.37. The molecule has 0 aromatic heterocycles. The number of carbonyl (C=O) groups excluding carboxylic acids is 1. The number of nitrogens with zero attached hydrogens (tertiary/aromatic N) is 1. The molecule has 2 rings (SSSR count). The fourth-order valence-corrected chi connectivity index (χ4v) is 2.27. The Morgan fingerprint density at radius 2 is 2.06 bits per heavy atom. The van der Waals surface area contributed by atoms with Gasteiger partial charge in [-0.3, -0.25) is 4.79 Å². The monoisotopic (exact) mass is 253 g/mol. The number of piperidine rings is 1. The summed E-state index contributed by atoms with van der Waals surface area (Å²) in [4.78, 5) is 12.8. The van der Waals surface area contributed by atoms with Gasteiger partial charge in [0.1, 0.15) is 0 Å². The molecule has 1 heterocycles. The van der Waals surface area contributed by atoms with Crippen LogP contribution in [0.25, 0.3) is 0 Å². The molecule has 3 nitrogen and oxygen atoms in total. The van der Waals surface area contributed by atoms with Crippen molar-refractivity contribution in [3.05, 3.63) is 28.8 Å². The lowest BCUT2D eigenvalue weighted by molar-refractivity contribution is 0.0351. The maximum atomic E-state index is 10.7. The number of benzene rings is 1. The second-order valence-electron chi connectivity index (χ2n) is 4.81. The molecule has 4 heteroatoms. The van der Waals surface area contributed by atoms with Crippen LogP contribution in [0.5, 0.6) is 0 Å². The van der Waals surface area contributed by atoms with E-state index >= 15 is 0 Å². The standard InChI is InChI=1S/C13H16ClNO2/c1-13(17)4-6-15(7-5-13)11-3-2-10(9-16)12(14)8-11/h2-3,8-9,17H,4-7H2,1H3. The van der Waals surface area contributed by atoms with Crippen LogP contribution in [-0.2, 0) is 0 Å². The van der Waals surface area contributed by atoms with Gasteiger partial charge in [0.05, 0.1) is 10.6 Å². The molecule has 0 radical (unpaired) electrons. The number of aliphatic hydroxyl groups is 1. The van der Waals surface area contributed by atoms with Crippen molar-refractivity contribution < 1.29 is 9.90 Å². The lowest BCUT2D eigenvalue weighted by Crippen LogP contribution is -2.42. The summed E-state index contributed by atoms with van der Waals surface area (Å²) in [7, 11) is 0. The fourth-order valence-electron chi connectivity index (χ4n) is 2.05. The number of aldehydes is 1. The van der Waals surface area contributed by atoms with Crippen LogP contribution < -0.4 is 4.90 Å². The fraction of sp³-hybridized carbons (Fsp3) is 0.462. The van der Waals surface area contributed by atoms with Crippen LogP contribution in [0, 0.1) is 0 Å². The summed E-state index contributed by atoms with van der Waals surface area (Å²) < 4.78 is 0. The van der Waals surface area contributed by atoms with Gasteiger partial charge in [0.25, 0.3) is 0 Å². The third-order valence-corrected chi connectivity index (χ3v) is 3.64. The van der Waals surface area contributed by atoms with Crippen LogP contribution >= 0.6 is 11.6 Å². The Hall–Kier alpha value is -1.06. The van der Waals surface area contributed by atoms with Crippen molar-refractivity contribution in [2.75, 3.05) is 18.0 Å². The number of rotatable bonds is 2. The van der Waals surface area contributed by atoms with Crippen LogP contribution in [-0.4, -0.2) is 30.1 Å². The maximum Gasteiger partial charge on any atom is 0.151 e. The summed E-state index contributed by atoms with van der Waals surface area (Å²) in [5, 5.41) is 10.4. The Labute approximate surface area is 106 Å². The van der Waals surface area contributed by atoms with E-state index in [0.717, 1.165) is 37.9 Å². The maximum absolute atomic E-state index is 10.7. The Morgan fingerprint density at radius 1 is 1.41 bits per heavy atom. The molecule has 1 saturated heterocycles. The Balaban J connectivity index is 2.14. The summed E-state index contributed by atoms with van der Waals surface area (Å²) in [6, 6.07) is 5.44. The first-order chi connectivity index (χ1) is 8.02. The number of hydrogen-bond donors (Lipinski definition) is 1. The first-order valence-electron chi connectivity index (χ1n) is 5.74. The molecule has 1 N–H and O–H groups in total. The van der Waals surface area contributed by atoms with Crippen molar-refractivity contribution in [2.45, 2.75) is 25.4 Å². The minimum atomic E-state index is -0.553. The molecule has 0 atom stereocenters. The predicted octanol–water partition coefficient (Wildman–Crippen LogP) is 2.50. The Bertz CT molecular complexity index is 421. The lowest BCUT2D eigenvalue weighted by atomic mass is 9.93. The topological polar surface area (TPSA) is 40.5 Å². The molecule has 0 spiro atoms. The summed E-state index contributed by atoms with van der Waals surface area (Å²) in [5.41, 5.74) is 0.971. The van der Waals surface area contributed by atoms with Crippen LogP contribution in [0.3, 0.4) is 0 Å². The molecule has 1 aromatic rings. The van der Waals surface area contributed by atoms with E-state index in [-0.39, 0.29) is 0 Å². The zero-order chi connectivity index (χ0) is 12.5. The van der Waals surface area contributed by atoms with E-state index in [0.29, 0.717) is 10.6 Å². The average Bonchev–Trinajstić information content (AvgIpc) is 2.29. The second kappa shape index (κ2) is 4.67. The van der Waals surface area contributed by atoms with Gasteiger partial charge >= 0.3 is 0 Å². The highest BCUT2D eigenvalue weighted by Gasteiger charge is 2.27. The first-order valence-corrected chi connectivity index (χ1v) is 6.12. The molecule has 0 saturated carbocycles. The number of halogens is 1. The highest BCUT2D eigenvalue weighted by Crippen LogP contribution is 2.28. The second-order valence-corrected chi connectivity index (χ2v) is 5.21. The molecule has 1 fully saturated rings. The largest absolute Gasteiger partial charge is 0.390 e. The SMILES string of the molecule is CC1(O)CCN(c2ccc(C=O)c(Cl)c2)CC1. The highest BCUT2D eigenvalue weighted by molar-refractivity contribution is 6.33. The summed E-state index contributed by atoms with van der Waals surface area (Å²) in [6.07, 6.45) is 2.26. The number of carbonyl (C=O) groups is 1. The minimum Gasteiger partial charge on any atom is -0.390 e. The summed E-state index contributed by atoms with van der Waals surface area (Å²) >= 11 is 6.00. The van der Waals surface area contributed by atoms with Gasteiger partial charge in [0.15, 0.2) is 6.29 Å². The van der Waals surface area contributed by atoms with E-state index in [1.54, 1.807) is 6.07 Å². The van der Waals surface area contributed by atoms with E-state index < -0.39 is 5.60 Å². The Morgan fingerprint density at radius 3 is 2.59 bits per heavy atom. The van der Waals surface area contributed by atoms with Gasteiger partial charge in [0, 0.05) is 24.3 Å². The van der Waals surface area contributed by atoms with E-state index in [9.17, 15) is 9.90 Å². The molecule has 92 valence electrons. The van der Waals surface area contributed by atoms with Gasteiger partial charge in [-0.05, 0) is 38.0 Å². The molecule has 17 heavy (non-hydrogen) atoms. The quantitative estimate of drug-likeness (QED) is 0.824. The molecule has 0 aliphatic carbocycles. The predicted molar refractivity (Wildman–Crippen MR) is 68.9 cm³/mol. The van der Waals surface area contributed by atoms with Crippen LogP contribution in [0.4, 0.5) is 5.69 Å². The normalized spacial score (nSPS) is 19.1. The number of hydrogen-bond acceptors (Lipinski definition) is 3.